The molecule has 1 fully saturated rings. The van der Waals surface area contributed by atoms with Crippen LogP contribution in [0.1, 0.15) is 57.8 Å². The average Bonchev–Trinajstić information content (AvgIpc) is 3.01. The largest absolute Gasteiger partial charge is 0.356 e. The predicted molar refractivity (Wildman–Crippen MR) is 79.7 cm³/mol. The number of aryl methyl sites for hydroxylation is 1. The summed E-state index contributed by atoms with van der Waals surface area (Å²) in [6.07, 6.45) is 3.57. The molecule has 0 spiro atoms. The van der Waals surface area contributed by atoms with Crippen molar-refractivity contribution in [2.75, 3.05) is 19.6 Å². The van der Waals surface area contributed by atoms with Crippen molar-refractivity contribution in [3.63, 3.8) is 0 Å². The fourth-order valence-electron chi connectivity index (χ4n) is 2.68. The van der Waals surface area contributed by atoms with Crippen LogP contribution in [-0.4, -0.2) is 40.6 Å². The Bertz CT molecular complexity index is 452. The van der Waals surface area contributed by atoms with E-state index in [1.54, 1.807) is 0 Å². The smallest absolute Gasteiger partial charge is 0.243 e. The van der Waals surface area contributed by atoms with Gasteiger partial charge in [-0.15, -0.1) is 0 Å². The van der Waals surface area contributed by atoms with Gasteiger partial charge in [0.1, 0.15) is 0 Å². The second-order valence-electron chi connectivity index (χ2n) is 5.68. The Morgan fingerprint density at radius 3 is 2.71 bits per heavy atom. The van der Waals surface area contributed by atoms with E-state index in [1.807, 2.05) is 6.92 Å². The van der Waals surface area contributed by atoms with E-state index in [4.69, 9.17) is 4.52 Å². The molecule has 1 aromatic rings. The number of nitrogens with one attached hydrogen (secondary N) is 1. The summed E-state index contributed by atoms with van der Waals surface area (Å²) < 4.78 is 5.32. The molecule has 21 heavy (non-hydrogen) atoms. The molecule has 0 aliphatic carbocycles. The lowest BCUT2D eigenvalue weighted by molar-refractivity contribution is -0.126. The van der Waals surface area contributed by atoms with Gasteiger partial charge in [-0.1, -0.05) is 19.0 Å². The number of likely N-dealkylation sites (tertiary alicyclic amines) is 1. The summed E-state index contributed by atoms with van der Waals surface area (Å²) in [4.78, 5) is 18.7. The summed E-state index contributed by atoms with van der Waals surface area (Å²) >= 11 is 0. The number of hydrogen-bond donors (Lipinski definition) is 1. The minimum atomic E-state index is 0.123. The summed E-state index contributed by atoms with van der Waals surface area (Å²) in [6.45, 7) is 8.74. The minimum Gasteiger partial charge on any atom is -0.356 e. The van der Waals surface area contributed by atoms with E-state index in [1.165, 1.54) is 0 Å². The van der Waals surface area contributed by atoms with Gasteiger partial charge in [-0.2, -0.15) is 4.98 Å². The number of piperidine rings is 1. The molecule has 0 aromatic carbocycles. The van der Waals surface area contributed by atoms with Gasteiger partial charge in [0, 0.05) is 18.9 Å². The Kier molecular flexibility index (Phi) is 5.73. The van der Waals surface area contributed by atoms with Crippen molar-refractivity contribution in [2.24, 2.45) is 5.92 Å². The Balaban J connectivity index is 1.84. The molecule has 1 N–H and O–H groups in total. The van der Waals surface area contributed by atoms with Gasteiger partial charge < -0.3 is 9.84 Å². The number of rotatable bonds is 6. The number of carbonyl (C=O) groups is 1. The lowest BCUT2D eigenvalue weighted by Gasteiger charge is -2.33. The van der Waals surface area contributed by atoms with E-state index in [0.29, 0.717) is 5.89 Å². The van der Waals surface area contributed by atoms with E-state index in [0.717, 1.165) is 51.1 Å². The first-order valence-corrected chi connectivity index (χ1v) is 7.99. The van der Waals surface area contributed by atoms with Gasteiger partial charge in [-0.25, -0.2) is 0 Å². The molecule has 6 nitrogen and oxygen atoms in total. The Morgan fingerprint density at radius 1 is 1.43 bits per heavy atom. The second kappa shape index (κ2) is 7.54. The maximum atomic E-state index is 12.0. The zero-order valence-corrected chi connectivity index (χ0v) is 13.3. The van der Waals surface area contributed by atoms with Crippen molar-refractivity contribution in [3.8, 4) is 0 Å². The minimum absolute atomic E-state index is 0.123. The number of nitrogens with zero attached hydrogens (tertiary/aromatic N) is 3. The second-order valence-corrected chi connectivity index (χ2v) is 5.68. The van der Waals surface area contributed by atoms with Crippen LogP contribution in [0.2, 0.25) is 0 Å². The topological polar surface area (TPSA) is 71.3 Å². The van der Waals surface area contributed by atoms with Crippen LogP contribution in [0.25, 0.3) is 0 Å². The van der Waals surface area contributed by atoms with Crippen LogP contribution >= 0.6 is 0 Å². The molecule has 2 rings (SSSR count). The third-order valence-electron chi connectivity index (χ3n) is 4.15. The Morgan fingerprint density at radius 2 is 2.14 bits per heavy atom. The lowest BCUT2D eigenvalue weighted by atomic mass is 9.95. The van der Waals surface area contributed by atoms with Crippen molar-refractivity contribution in [2.45, 2.75) is 52.5 Å². The molecule has 0 bridgehead atoms. The zero-order valence-electron chi connectivity index (χ0n) is 13.3. The number of carbonyl (C=O) groups excluding carboxylic acids is 1. The first kappa shape index (κ1) is 15.9. The van der Waals surface area contributed by atoms with Gasteiger partial charge in [0.05, 0.1) is 6.04 Å². The first-order valence-electron chi connectivity index (χ1n) is 7.99. The van der Waals surface area contributed by atoms with Crippen LogP contribution in [0, 0.1) is 5.92 Å². The quantitative estimate of drug-likeness (QED) is 0.868. The van der Waals surface area contributed by atoms with Crippen LogP contribution in [0.3, 0.4) is 0 Å². The summed E-state index contributed by atoms with van der Waals surface area (Å²) in [5.74, 6) is 1.79. The predicted octanol–water partition coefficient (Wildman–Crippen LogP) is 1.93. The SMILES string of the molecule is CCCNC(=O)C1CCN(C(C)c2nc(CC)no2)CC1. The van der Waals surface area contributed by atoms with E-state index in [-0.39, 0.29) is 17.9 Å². The summed E-state index contributed by atoms with van der Waals surface area (Å²) in [5, 5.41) is 6.94. The van der Waals surface area contributed by atoms with Gasteiger partial charge in [0.25, 0.3) is 0 Å². The third-order valence-corrected chi connectivity index (χ3v) is 4.15. The Labute approximate surface area is 126 Å². The number of aromatic nitrogens is 2. The summed E-state index contributed by atoms with van der Waals surface area (Å²) in [7, 11) is 0. The molecule has 1 saturated heterocycles. The van der Waals surface area contributed by atoms with E-state index in [9.17, 15) is 4.79 Å². The molecule has 118 valence electrons. The van der Waals surface area contributed by atoms with Crippen LogP contribution < -0.4 is 5.32 Å². The molecule has 1 aliphatic rings. The van der Waals surface area contributed by atoms with Gasteiger partial charge in [-0.3, -0.25) is 9.69 Å². The molecule has 1 aliphatic heterocycles. The monoisotopic (exact) mass is 294 g/mol. The highest BCUT2D eigenvalue weighted by Gasteiger charge is 2.29. The van der Waals surface area contributed by atoms with Gasteiger partial charge >= 0.3 is 0 Å². The average molecular weight is 294 g/mol. The third kappa shape index (κ3) is 4.03. The van der Waals surface area contributed by atoms with Crippen LogP contribution in [-0.2, 0) is 11.2 Å². The maximum absolute atomic E-state index is 12.0. The van der Waals surface area contributed by atoms with Gasteiger partial charge in [0.15, 0.2) is 5.82 Å². The van der Waals surface area contributed by atoms with Crippen LogP contribution in [0.4, 0.5) is 0 Å². The van der Waals surface area contributed by atoms with Crippen molar-refractivity contribution in [1.29, 1.82) is 0 Å². The maximum Gasteiger partial charge on any atom is 0.243 e. The molecule has 6 heteroatoms. The molecule has 1 aromatic heterocycles. The van der Waals surface area contributed by atoms with Crippen molar-refractivity contribution in [3.05, 3.63) is 11.7 Å². The standard InChI is InChI=1S/C15H26N4O2/c1-4-8-16-14(20)12-6-9-19(10-7-12)11(3)15-17-13(5-2)18-21-15/h11-12H,4-10H2,1-3H3,(H,16,20). The van der Waals surface area contributed by atoms with Gasteiger partial charge in [-0.05, 0) is 39.3 Å². The highest BCUT2D eigenvalue weighted by Crippen LogP contribution is 2.25. The van der Waals surface area contributed by atoms with E-state index < -0.39 is 0 Å². The lowest BCUT2D eigenvalue weighted by Crippen LogP contribution is -2.41. The summed E-state index contributed by atoms with van der Waals surface area (Å²) in [6, 6.07) is 0.123. The van der Waals surface area contributed by atoms with Crippen LogP contribution in [0.5, 0.6) is 0 Å². The van der Waals surface area contributed by atoms with Crippen molar-refractivity contribution in [1.82, 2.24) is 20.4 Å². The number of amides is 1. The Hall–Kier alpha value is -1.43. The fourth-order valence-corrected chi connectivity index (χ4v) is 2.68. The highest BCUT2D eigenvalue weighted by molar-refractivity contribution is 5.78. The molecular weight excluding hydrogens is 268 g/mol. The van der Waals surface area contributed by atoms with E-state index in [2.05, 4.69) is 34.2 Å². The zero-order chi connectivity index (χ0) is 15.2. The highest BCUT2D eigenvalue weighted by atomic mass is 16.5. The molecular formula is C15H26N4O2. The van der Waals surface area contributed by atoms with Crippen molar-refractivity contribution >= 4 is 5.91 Å². The molecule has 1 unspecified atom stereocenters. The van der Waals surface area contributed by atoms with Crippen molar-refractivity contribution < 1.29 is 9.32 Å². The summed E-state index contributed by atoms with van der Waals surface area (Å²) in [5.41, 5.74) is 0. The number of hydrogen-bond acceptors (Lipinski definition) is 5. The molecule has 1 atom stereocenters. The molecule has 0 radical (unpaired) electrons. The molecule has 1 amide bonds. The normalized spacial score (nSPS) is 18.6. The van der Waals surface area contributed by atoms with Crippen LogP contribution in [0.15, 0.2) is 4.52 Å². The molecule has 2 heterocycles. The first-order chi connectivity index (χ1) is 10.2. The van der Waals surface area contributed by atoms with E-state index >= 15 is 0 Å². The fraction of sp³-hybridized carbons (Fsp3) is 0.800. The van der Waals surface area contributed by atoms with Gasteiger partial charge in [0.2, 0.25) is 11.8 Å². The molecule has 0 saturated carbocycles.